The zero-order valence-electron chi connectivity index (χ0n) is 30.6. The molecule has 4 aromatic rings. The van der Waals surface area contributed by atoms with Gasteiger partial charge in [-0.2, -0.15) is 0 Å². The van der Waals surface area contributed by atoms with E-state index in [1.807, 2.05) is 50.2 Å². The van der Waals surface area contributed by atoms with Crippen molar-refractivity contribution in [1.29, 1.82) is 0 Å². The molecule has 2 aromatic carbocycles. The Morgan fingerprint density at radius 1 is 0.667 bits per heavy atom. The molecule has 54 heavy (non-hydrogen) atoms. The van der Waals surface area contributed by atoms with Crippen LogP contribution in [-0.2, 0) is 22.7 Å². The number of benzene rings is 2. The van der Waals surface area contributed by atoms with Crippen LogP contribution < -0.4 is 30.7 Å². The van der Waals surface area contributed by atoms with E-state index in [1.54, 1.807) is 24.5 Å². The molecule has 0 spiro atoms. The van der Waals surface area contributed by atoms with Crippen molar-refractivity contribution in [3.8, 4) is 22.6 Å². The van der Waals surface area contributed by atoms with Crippen molar-refractivity contribution in [1.82, 2.24) is 20.6 Å². The van der Waals surface area contributed by atoms with Crippen LogP contribution in [0.5, 0.6) is 11.5 Å². The molecule has 0 saturated heterocycles. The number of hydrogen-bond acceptors (Lipinski definition) is 10. The highest BCUT2D eigenvalue weighted by molar-refractivity contribution is 6.05. The summed E-state index contributed by atoms with van der Waals surface area (Å²) in [5.74, 6) is -1.99. The molecule has 2 aromatic heterocycles. The average Bonchev–Trinajstić information content (AvgIpc) is 3.11. The van der Waals surface area contributed by atoms with Gasteiger partial charge in [-0.1, -0.05) is 24.3 Å². The largest absolute Gasteiger partial charge is 0.496 e. The molecule has 2 heterocycles. The monoisotopic (exact) mass is 736 g/mol. The molecule has 2 aliphatic carbocycles. The summed E-state index contributed by atoms with van der Waals surface area (Å²) >= 11 is 0. The molecule has 2 saturated carbocycles. The van der Waals surface area contributed by atoms with Crippen molar-refractivity contribution in [3.05, 3.63) is 94.6 Å². The normalized spacial score (nSPS) is 18.8. The number of carbonyl (C=O) groups excluding carboxylic acids is 2. The van der Waals surface area contributed by atoms with Crippen LogP contribution in [0.15, 0.2) is 60.9 Å². The molecule has 14 heteroatoms. The minimum atomic E-state index is -0.774. The van der Waals surface area contributed by atoms with E-state index in [4.69, 9.17) is 19.7 Å². The van der Waals surface area contributed by atoms with Gasteiger partial charge >= 0.3 is 11.9 Å². The van der Waals surface area contributed by atoms with Gasteiger partial charge in [0.15, 0.2) is 0 Å². The maximum Gasteiger partial charge on any atom is 0.306 e. The quantitative estimate of drug-likeness (QED) is 0.0935. The number of carbonyl (C=O) groups is 4. The first-order valence-corrected chi connectivity index (χ1v) is 17.8. The van der Waals surface area contributed by atoms with E-state index in [0.29, 0.717) is 61.6 Å². The third-order valence-corrected chi connectivity index (χ3v) is 10.4. The smallest absolute Gasteiger partial charge is 0.306 e. The minimum absolute atomic E-state index is 0.109. The van der Waals surface area contributed by atoms with Crippen LogP contribution in [0.1, 0.15) is 68.9 Å². The second-order valence-corrected chi connectivity index (χ2v) is 13.8. The second-order valence-electron chi connectivity index (χ2n) is 13.8. The number of hydrogen-bond donors (Lipinski definition) is 6. The summed E-state index contributed by atoms with van der Waals surface area (Å²) in [6.45, 7) is 4.69. The first-order valence-electron chi connectivity index (χ1n) is 17.8. The molecule has 2 aliphatic rings. The first-order chi connectivity index (χ1) is 25.9. The maximum absolute atomic E-state index is 13.4. The molecule has 0 unspecified atom stereocenters. The summed E-state index contributed by atoms with van der Waals surface area (Å²) in [5.41, 5.74) is 6.45. The topological polar surface area (TPSA) is 201 Å². The van der Waals surface area contributed by atoms with Crippen molar-refractivity contribution >= 4 is 35.1 Å². The Morgan fingerprint density at radius 3 is 1.41 bits per heavy atom. The molecule has 2 amide bonds. The lowest BCUT2D eigenvalue weighted by Crippen LogP contribution is -2.43. The Morgan fingerprint density at radius 2 is 1.06 bits per heavy atom. The predicted octanol–water partition coefficient (Wildman–Crippen LogP) is 5.19. The fraction of sp³-hybridized carbons (Fsp3) is 0.350. The van der Waals surface area contributed by atoms with Crippen molar-refractivity contribution in [3.63, 3.8) is 0 Å². The van der Waals surface area contributed by atoms with E-state index < -0.39 is 23.8 Å². The lowest BCUT2D eigenvalue weighted by molar-refractivity contribution is -0.146. The fourth-order valence-electron chi connectivity index (χ4n) is 6.80. The van der Waals surface area contributed by atoms with Crippen LogP contribution in [0, 0.1) is 25.7 Å². The van der Waals surface area contributed by atoms with Crippen LogP contribution in [0.25, 0.3) is 11.1 Å². The summed E-state index contributed by atoms with van der Waals surface area (Å²) < 4.78 is 11.1. The number of aliphatic carboxylic acids is 2. The number of carboxylic acids is 2. The van der Waals surface area contributed by atoms with E-state index in [9.17, 15) is 19.2 Å². The number of ether oxygens (including phenoxy) is 2. The van der Waals surface area contributed by atoms with Crippen molar-refractivity contribution in [2.45, 2.75) is 64.7 Å². The van der Waals surface area contributed by atoms with Gasteiger partial charge in [0.2, 0.25) is 0 Å². The Kier molecular flexibility index (Phi) is 11.5. The number of carboxylic acid groups (broad SMARTS) is 2. The van der Waals surface area contributed by atoms with Gasteiger partial charge in [-0.15, -0.1) is 0 Å². The maximum atomic E-state index is 13.4. The van der Waals surface area contributed by atoms with Gasteiger partial charge in [0.05, 0.1) is 26.1 Å². The number of nitrogens with one attached hydrogen (secondary N) is 4. The second kappa shape index (κ2) is 16.4. The Hall–Kier alpha value is -5.86. The Balaban J connectivity index is 1.11. The molecular weight excluding hydrogens is 692 g/mol. The number of anilines is 2. The highest BCUT2D eigenvalue weighted by Gasteiger charge is 2.35. The Bertz CT molecular complexity index is 1930. The van der Waals surface area contributed by atoms with E-state index >= 15 is 0 Å². The summed E-state index contributed by atoms with van der Waals surface area (Å²) in [6, 6.07) is 14.6. The van der Waals surface area contributed by atoms with Gasteiger partial charge < -0.3 is 41.0 Å². The zero-order chi connectivity index (χ0) is 38.5. The molecule has 6 N–H and O–H groups in total. The van der Waals surface area contributed by atoms with Gasteiger partial charge in [0.1, 0.15) is 22.9 Å². The molecule has 282 valence electrons. The lowest BCUT2D eigenvalue weighted by atomic mass is 9.80. The minimum Gasteiger partial charge on any atom is -0.496 e. The third kappa shape index (κ3) is 8.35. The molecule has 14 nitrogen and oxygen atoms in total. The van der Waals surface area contributed by atoms with Gasteiger partial charge in [0.25, 0.3) is 11.8 Å². The zero-order valence-corrected chi connectivity index (χ0v) is 30.6. The number of methoxy groups -OCH3 is 2. The van der Waals surface area contributed by atoms with Crippen molar-refractivity contribution < 1.29 is 38.9 Å². The Labute approximate surface area is 312 Å². The standard InChI is InChI=1S/C40H44N6O8/c1-21-29(7-5-9-31(21)45-37(47)33-15-35(53-3)25(19-43-33)17-41-27-11-23(12-27)39(49)50)30-8-6-10-32(22(30)2)46-38(48)34-16-36(54-4)26(20-44-34)18-42-28-13-24(14-28)40(51)52/h5-10,15-16,19-20,23-24,27-28,41-42H,11-14,17-18H2,1-4H3,(H,45,47)(H,46,48)(H,49,50)(H,51,52)/t23-,24-,27+,28+. The van der Waals surface area contributed by atoms with Gasteiger partial charge in [-0.05, 0) is 73.9 Å². The summed E-state index contributed by atoms with van der Waals surface area (Å²) in [4.78, 5) is 57.8. The summed E-state index contributed by atoms with van der Waals surface area (Å²) in [5, 5.41) is 30.9. The molecule has 6 rings (SSSR count). The van der Waals surface area contributed by atoms with E-state index in [0.717, 1.165) is 33.4 Å². The van der Waals surface area contributed by atoms with Crippen LogP contribution >= 0.6 is 0 Å². The van der Waals surface area contributed by atoms with Crippen LogP contribution in [0.2, 0.25) is 0 Å². The van der Waals surface area contributed by atoms with E-state index in [-0.39, 0.29) is 35.3 Å². The SMILES string of the molecule is COc1cc(C(=O)Nc2cccc(-c3cccc(NC(=O)c4cc(OC)c(CN[C@H]5C[C@@H](C(=O)O)C5)cn4)c3C)c2C)ncc1CN[C@H]1C[C@@H](C(=O)O)C1. The number of amides is 2. The molecule has 0 radical (unpaired) electrons. The number of aromatic nitrogens is 2. The fourth-order valence-corrected chi connectivity index (χ4v) is 6.80. The molecule has 2 fully saturated rings. The summed E-state index contributed by atoms with van der Waals surface area (Å²) in [6.07, 6.45) is 5.48. The van der Waals surface area contributed by atoms with Gasteiger partial charge in [-0.3, -0.25) is 29.1 Å². The number of rotatable bonds is 15. The lowest BCUT2D eigenvalue weighted by Gasteiger charge is -2.33. The van der Waals surface area contributed by atoms with Gasteiger partial charge in [0, 0.05) is 72.2 Å². The number of pyridine rings is 2. The van der Waals surface area contributed by atoms with Gasteiger partial charge in [-0.25, -0.2) is 0 Å². The predicted molar refractivity (Wildman–Crippen MR) is 201 cm³/mol. The van der Waals surface area contributed by atoms with Crippen LogP contribution in [0.3, 0.4) is 0 Å². The third-order valence-electron chi connectivity index (χ3n) is 10.4. The molecule has 0 aliphatic heterocycles. The van der Waals surface area contributed by atoms with Crippen LogP contribution in [0.4, 0.5) is 11.4 Å². The van der Waals surface area contributed by atoms with Crippen molar-refractivity contribution in [2.75, 3.05) is 24.9 Å². The first kappa shape index (κ1) is 37.9. The highest BCUT2D eigenvalue weighted by Crippen LogP contribution is 2.35. The highest BCUT2D eigenvalue weighted by atomic mass is 16.5. The average molecular weight is 737 g/mol. The van der Waals surface area contributed by atoms with Crippen LogP contribution in [-0.4, -0.2) is 70.2 Å². The molecule has 0 atom stereocenters. The van der Waals surface area contributed by atoms with E-state index in [1.165, 1.54) is 14.2 Å². The van der Waals surface area contributed by atoms with Crippen molar-refractivity contribution in [2.24, 2.45) is 11.8 Å². The molecule has 0 bridgehead atoms. The summed E-state index contributed by atoms with van der Waals surface area (Å²) in [7, 11) is 3.05. The van der Waals surface area contributed by atoms with E-state index in [2.05, 4.69) is 31.2 Å². The molecular formula is C40H44N6O8. The number of nitrogens with zero attached hydrogens (tertiary/aromatic N) is 2.